The number of nitrogens with one attached hydrogen (secondary N) is 2. The number of carbonyl (C=O) groups excluding carboxylic acids is 2. The van der Waals surface area contributed by atoms with Crippen LogP contribution in [0.25, 0.3) is 11.4 Å². The Balaban J connectivity index is 1.44. The summed E-state index contributed by atoms with van der Waals surface area (Å²) < 4.78 is 36.8. The summed E-state index contributed by atoms with van der Waals surface area (Å²) in [4.78, 5) is 36.5. The van der Waals surface area contributed by atoms with Crippen molar-refractivity contribution in [2.75, 3.05) is 35.6 Å². The molecule has 2 aromatic carbocycles. The van der Waals surface area contributed by atoms with Gasteiger partial charge in [-0.15, -0.1) is 11.8 Å². The lowest BCUT2D eigenvalue weighted by atomic mass is 10.1. The number of carbonyl (C=O) groups is 2. The standard InChI is InChI=1S/C27H30ClN5O6S2/c1-27(2,3)39-26(35)33-14-21(15-33)38-20-12-29-24(30-13-20)22-8-16(6-7-23(22)40-4)25(34)31-18-9-17(28)10-19(11-18)32-41(5,36)37/h6-13,21,32H,14-15H2,1-5H3,(H,31,34). The summed E-state index contributed by atoms with van der Waals surface area (Å²) in [5, 5.41) is 3.00. The molecule has 1 aliphatic heterocycles. The number of rotatable bonds is 8. The predicted octanol–water partition coefficient (Wildman–Crippen LogP) is 5.14. The molecule has 0 radical (unpaired) electrons. The van der Waals surface area contributed by atoms with E-state index in [2.05, 4.69) is 20.0 Å². The SMILES string of the molecule is CSc1ccc(C(=O)Nc2cc(Cl)cc(NS(C)(=O)=O)c2)cc1-c1ncc(OC2CN(C(=O)OC(C)(C)C)C2)cn1. The molecule has 0 aliphatic carbocycles. The van der Waals surface area contributed by atoms with Gasteiger partial charge in [0.25, 0.3) is 5.91 Å². The van der Waals surface area contributed by atoms with Crippen molar-refractivity contribution in [3.63, 3.8) is 0 Å². The summed E-state index contributed by atoms with van der Waals surface area (Å²) in [7, 11) is -3.52. The molecule has 0 saturated carbocycles. The number of aromatic nitrogens is 2. The Morgan fingerprint density at radius 2 is 1.73 bits per heavy atom. The smallest absolute Gasteiger partial charge is 0.410 e. The van der Waals surface area contributed by atoms with Gasteiger partial charge in [-0.05, 0) is 63.4 Å². The number of ether oxygens (including phenoxy) is 2. The van der Waals surface area contributed by atoms with Gasteiger partial charge >= 0.3 is 6.09 Å². The second-order valence-corrected chi connectivity index (χ2v) is 13.4. The van der Waals surface area contributed by atoms with Crippen molar-refractivity contribution in [2.24, 2.45) is 0 Å². The third kappa shape index (κ3) is 8.47. The van der Waals surface area contributed by atoms with E-state index in [1.54, 1.807) is 35.5 Å². The zero-order chi connectivity index (χ0) is 29.9. The highest BCUT2D eigenvalue weighted by Crippen LogP contribution is 2.31. The molecule has 0 bridgehead atoms. The number of likely N-dealkylation sites (tertiary alicyclic amines) is 1. The Kier molecular flexibility index (Phi) is 9.00. The minimum Gasteiger partial charge on any atom is -0.483 e. The number of hydrogen-bond acceptors (Lipinski definition) is 9. The molecule has 14 heteroatoms. The maximum atomic E-state index is 13.1. The average Bonchev–Trinajstić information content (AvgIpc) is 2.83. The number of amides is 2. The molecule has 11 nitrogen and oxygen atoms in total. The highest BCUT2D eigenvalue weighted by atomic mass is 35.5. The minimum absolute atomic E-state index is 0.189. The van der Waals surface area contributed by atoms with E-state index in [9.17, 15) is 18.0 Å². The van der Waals surface area contributed by atoms with E-state index in [1.165, 1.54) is 30.0 Å². The van der Waals surface area contributed by atoms with Crippen LogP contribution in [0.2, 0.25) is 5.02 Å². The van der Waals surface area contributed by atoms with E-state index in [1.807, 2.05) is 27.0 Å². The summed E-state index contributed by atoms with van der Waals surface area (Å²) in [6.45, 7) is 6.26. The number of hydrogen-bond donors (Lipinski definition) is 2. The van der Waals surface area contributed by atoms with Crippen molar-refractivity contribution >= 4 is 56.8 Å². The lowest BCUT2D eigenvalue weighted by Crippen LogP contribution is -2.57. The molecule has 0 unspecified atom stereocenters. The molecule has 0 spiro atoms. The Morgan fingerprint density at radius 1 is 1.07 bits per heavy atom. The molecule has 0 atom stereocenters. The number of thioether (sulfide) groups is 1. The second-order valence-electron chi connectivity index (χ2n) is 10.3. The van der Waals surface area contributed by atoms with E-state index in [0.29, 0.717) is 41.5 Å². The molecule has 2 amide bonds. The Morgan fingerprint density at radius 3 is 2.34 bits per heavy atom. The van der Waals surface area contributed by atoms with E-state index < -0.39 is 21.5 Å². The highest BCUT2D eigenvalue weighted by molar-refractivity contribution is 7.98. The fourth-order valence-electron chi connectivity index (χ4n) is 3.86. The maximum Gasteiger partial charge on any atom is 0.410 e. The van der Waals surface area contributed by atoms with Crippen molar-refractivity contribution in [1.82, 2.24) is 14.9 Å². The van der Waals surface area contributed by atoms with E-state index in [4.69, 9.17) is 21.1 Å². The molecule has 4 rings (SSSR count). The van der Waals surface area contributed by atoms with Crippen LogP contribution in [0.15, 0.2) is 53.7 Å². The summed E-state index contributed by atoms with van der Waals surface area (Å²) >= 11 is 7.60. The van der Waals surface area contributed by atoms with Gasteiger partial charge in [-0.1, -0.05) is 11.6 Å². The minimum atomic E-state index is -3.52. The normalized spacial score (nSPS) is 13.8. The van der Waals surface area contributed by atoms with Crippen molar-refractivity contribution < 1.29 is 27.5 Å². The zero-order valence-corrected chi connectivity index (χ0v) is 25.5. The summed E-state index contributed by atoms with van der Waals surface area (Å²) in [6.07, 6.45) is 5.47. The summed E-state index contributed by atoms with van der Waals surface area (Å²) in [5.41, 5.74) is 0.987. The average molecular weight is 620 g/mol. The van der Waals surface area contributed by atoms with Gasteiger partial charge in [0, 0.05) is 26.7 Å². The molecule has 1 aliphatic rings. The van der Waals surface area contributed by atoms with Gasteiger partial charge in [-0.25, -0.2) is 23.2 Å². The van der Waals surface area contributed by atoms with Crippen LogP contribution in [0, 0.1) is 0 Å². The van der Waals surface area contributed by atoms with E-state index in [0.717, 1.165) is 11.2 Å². The lowest BCUT2D eigenvalue weighted by molar-refractivity contribution is -0.0223. The van der Waals surface area contributed by atoms with Gasteiger partial charge in [0.2, 0.25) is 10.0 Å². The van der Waals surface area contributed by atoms with Crippen LogP contribution in [0.5, 0.6) is 5.75 Å². The molecular formula is C27H30ClN5O6S2. The lowest BCUT2D eigenvalue weighted by Gasteiger charge is -2.39. The fourth-order valence-corrected chi connectivity index (χ4v) is 5.21. The van der Waals surface area contributed by atoms with Crippen LogP contribution in [0.4, 0.5) is 16.2 Å². The van der Waals surface area contributed by atoms with Gasteiger partial charge in [0.1, 0.15) is 11.7 Å². The van der Waals surface area contributed by atoms with Gasteiger partial charge in [-0.2, -0.15) is 0 Å². The van der Waals surface area contributed by atoms with Crippen molar-refractivity contribution in [1.29, 1.82) is 0 Å². The molecule has 2 N–H and O–H groups in total. The van der Waals surface area contributed by atoms with Gasteiger partial charge in [0.05, 0.1) is 37.4 Å². The van der Waals surface area contributed by atoms with E-state index in [-0.39, 0.29) is 22.9 Å². The first-order valence-electron chi connectivity index (χ1n) is 12.4. The van der Waals surface area contributed by atoms with Crippen LogP contribution in [0.3, 0.4) is 0 Å². The molecule has 1 saturated heterocycles. The summed E-state index contributed by atoms with van der Waals surface area (Å²) in [5.74, 6) is 0.440. The largest absolute Gasteiger partial charge is 0.483 e. The highest BCUT2D eigenvalue weighted by Gasteiger charge is 2.35. The van der Waals surface area contributed by atoms with Crippen LogP contribution in [-0.4, -0.2) is 72.6 Å². The predicted molar refractivity (Wildman–Crippen MR) is 159 cm³/mol. The van der Waals surface area contributed by atoms with Crippen LogP contribution in [0.1, 0.15) is 31.1 Å². The number of halogens is 1. The number of anilines is 2. The van der Waals surface area contributed by atoms with Gasteiger partial charge in [0.15, 0.2) is 11.6 Å². The van der Waals surface area contributed by atoms with Crippen LogP contribution >= 0.6 is 23.4 Å². The Hall–Kier alpha value is -3.55. The van der Waals surface area contributed by atoms with Crippen LogP contribution in [-0.2, 0) is 14.8 Å². The van der Waals surface area contributed by atoms with Crippen molar-refractivity contribution in [3.8, 4) is 17.1 Å². The van der Waals surface area contributed by atoms with Crippen molar-refractivity contribution in [3.05, 3.63) is 59.4 Å². The van der Waals surface area contributed by atoms with Gasteiger partial charge < -0.3 is 19.7 Å². The fraction of sp³-hybridized carbons (Fsp3) is 0.333. The zero-order valence-electron chi connectivity index (χ0n) is 23.1. The first-order valence-corrected chi connectivity index (χ1v) is 15.9. The first-order chi connectivity index (χ1) is 19.2. The van der Waals surface area contributed by atoms with Crippen LogP contribution < -0.4 is 14.8 Å². The topological polar surface area (TPSA) is 140 Å². The monoisotopic (exact) mass is 619 g/mol. The van der Waals surface area contributed by atoms with Crippen molar-refractivity contribution in [2.45, 2.75) is 37.4 Å². The molecule has 3 aromatic rings. The third-order valence-electron chi connectivity index (χ3n) is 5.59. The molecular weight excluding hydrogens is 590 g/mol. The number of sulfonamides is 1. The Bertz CT molecular complexity index is 1560. The van der Waals surface area contributed by atoms with Gasteiger partial charge in [-0.3, -0.25) is 9.52 Å². The summed E-state index contributed by atoms with van der Waals surface area (Å²) in [6, 6.07) is 9.59. The molecule has 2 heterocycles. The molecule has 1 aromatic heterocycles. The maximum absolute atomic E-state index is 13.1. The van der Waals surface area contributed by atoms with E-state index >= 15 is 0 Å². The molecule has 1 fully saturated rings. The number of nitrogens with zero attached hydrogens (tertiary/aromatic N) is 3. The molecule has 41 heavy (non-hydrogen) atoms. The quantitative estimate of drug-likeness (QED) is 0.328. The molecule has 218 valence electrons. The Labute approximate surface area is 248 Å². The third-order valence-corrected chi connectivity index (χ3v) is 7.21. The first kappa shape index (κ1) is 30.4. The second kappa shape index (κ2) is 12.1. The number of benzene rings is 2.